The van der Waals surface area contributed by atoms with Crippen molar-refractivity contribution in [2.45, 2.75) is 38.7 Å². The predicted molar refractivity (Wildman–Crippen MR) is 141 cm³/mol. The van der Waals surface area contributed by atoms with E-state index in [-0.39, 0.29) is 11.0 Å². The molecule has 4 heteroatoms. The molecule has 0 aliphatic carbocycles. The van der Waals surface area contributed by atoms with Crippen LogP contribution in [0.25, 0.3) is 11.1 Å². The molecule has 34 heavy (non-hydrogen) atoms. The van der Waals surface area contributed by atoms with Gasteiger partial charge in [0.1, 0.15) is 34.6 Å². The minimum Gasteiger partial charge on any atom is -0.485 e. The Morgan fingerprint density at radius 3 is 1.74 bits per heavy atom. The van der Waals surface area contributed by atoms with Crippen LogP contribution in [0.2, 0.25) is 0 Å². The van der Waals surface area contributed by atoms with Gasteiger partial charge >= 0.3 is 0 Å². The van der Waals surface area contributed by atoms with Gasteiger partial charge in [0.15, 0.2) is 0 Å². The molecule has 0 amide bonds. The maximum Gasteiger partial charge on any atom is 0.139 e. The summed E-state index contributed by atoms with van der Waals surface area (Å²) >= 11 is 0. The van der Waals surface area contributed by atoms with Crippen LogP contribution >= 0.6 is 7.92 Å². The molecule has 0 radical (unpaired) electrons. The second-order valence-corrected chi connectivity index (χ2v) is 12.6. The zero-order chi connectivity index (χ0) is 23.7. The molecule has 3 nitrogen and oxygen atoms in total. The van der Waals surface area contributed by atoms with Crippen molar-refractivity contribution in [3.05, 3.63) is 97.1 Å². The fourth-order valence-corrected chi connectivity index (χ4v) is 7.70. The molecule has 0 saturated heterocycles. The van der Waals surface area contributed by atoms with Crippen LogP contribution in [0.15, 0.2) is 97.1 Å². The van der Waals surface area contributed by atoms with Gasteiger partial charge in [-0.05, 0) is 62.5 Å². The predicted octanol–water partition coefficient (Wildman–Crippen LogP) is 8.58. The van der Waals surface area contributed by atoms with Gasteiger partial charge in [-0.3, -0.25) is 0 Å². The molecule has 0 spiro atoms. The van der Waals surface area contributed by atoms with Crippen molar-refractivity contribution in [2.75, 3.05) is 0 Å². The summed E-state index contributed by atoms with van der Waals surface area (Å²) in [6, 6.07) is 32.1. The number of hydrogen-bond donors (Lipinski definition) is 0. The fourth-order valence-electron chi connectivity index (χ4n) is 4.54. The first-order valence-electron chi connectivity index (χ1n) is 11.6. The zero-order valence-corrected chi connectivity index (χ0v) is 20.9. The summed E-state index contributed by atoms with van der Waals surface area (Å²) in [6.45, 7) is 9.10. The second-order valence-electron chi connectivity index (χ2n) is 9.37. The lowest BCUT2D eigenvalue weighted by molar-refractivity contribution is 0.313. The molecule has 4 aromatic rings. The summed E-state index contributed by atoms with van der Waals surface area (Å²) in [5.41, 5.74) is 2.06. The number of hydrogen-bond acceptors (Lipinski definition) is 3. The average Bonchev–Trinajstić information content (AvgIpc) is 3.17. The SMILES string of the molecule is CC1Oc2cccc(-c3c(Oc4ccccc4)cccc3Oc3ccccc3)c2[P@@]1C(C)(C)C. The van der Waals surface area contributed by atoms with Crippen LogP contribution in [0, 0.1) is 0 Å². The Hall–Kier alpha value is -3.29. The van der Waals surface area contributed by atoms with E-state index in [4.69, 9.17) is 14.2 Å². The summed E-state index contributed by atoms with van der Waals surface area (Å²) in [6.07, 6.45) is 0. The highest BCUT2D eigenvalue weighted by Crippen LogP contribution is 2.60. The van der Waals surface area contributed by atoms with Crippen molar-refractivity contribution >= 4 is 13.2 Å². The Balaban J connectivity index is 1.71. The Morgan fingerprint density at radius 2 is 1.21 bits per heavy atom. The van der Waals surface area contributed by atoms with Crippen LogP contribution in [0.4, 0.5) is 0 Å². The summed E-state index contributed by atoms with van der Waals surface area (Å²) in [7, 11) is -0.584. The van der Waals surface area contributed by atoms with Gasteiger partial charge in [0.25, 0.3) is 0 Å². The molecule has 1 aliphatic heterocycles. The third-order valence-corrected chi connectivity index (χ3v) is 9.04. The third kappa shape index (κ3) is 4.41. The zero-order valence-electron chi connectivity index (χ0n) is 20.0. The topological polar surface area (TPSA) is 27.7 Å². The minimum atomic E-state index is -0.584. The molecule has 0 aromatic heterocycles. The largest absolute Gasteiger partial charge is 0.485 e. The van der Waals surface area contributed by atoms with E-state index in [1.807, 2.05) is 78.9 Å². The van der Waals surface area contributed by atoms with Crippen molar-refractivity contribution in [1.29, 1.82) is 0 Å². The van der Waals surface area contributed by atoms with Crippen molar-refractivity contribution in [3.8, 4) is 39.9 Å². The maximum absolute atomic E-state index is 6.44. The lowest BCUT2D eigenvalue weighted by Gasteiger charge is -2.31. The average molecular weight is 469 g/mol. The highest BCUT2D eigenvalue weighted by Gasteiger charge is 2.41. The van der Waals surface area contributed by atoms with Gasteiger partial charge in [0.05, 0.1) is 5.56 Å². The molecular formula is C30H29O3P. The minimum absolute atomic E-state index is 0.0891. The number of ether oxygens (including phenoxy) is 3. The van der Waals surface area contributed by atoms with E-state index in [0.29, 0.717) is 0 Å². The molecule has 0 fully saturated rings. The van der Waals surface area contributed by atoms with E-state index in [0.717, 1.165) is 39.9 Å². The van der Waals surface area contributed by atoms with Crippen LogP contribution in [0.3, 0.4) is 0 Å². The monoisotopic (exact) mass is 468 g/mol. The molecule has 4 aromatic carbocycles. The second kappa shape index (κ2) is 9.16. The molecule has 0 N–H and O–H groups in total. The first-order chi connectivity index (χ1) is 16.4. The summed E-state index contributed by atoms with van der Waals surface area (Å²) in [4.78, 5) is 0. The standard InChI is InChI=1S/C30H29O3P/c1-21-31-27-20-11-17-24(29(27)34(21)30(2,3)4)28-25(32-22-13-7-5-8-14-22)18-12-19-26(28)33-23-15-9-6-10-16-23/h5-21H,1-4H3/t21?,34-/m0/s1. The smallest absolute Gasteiger partial charge is 0.139 e. The highest BCUT2D eigenvalue weighted by atomic mass is 31.1. The van der Waals surface area contributed by atoms with Crippen molar-refractivity contribution in [1.82, 2.24) is 0 Å². The van der Waals surface area contributed by atoms with Gasteiger partial charge in [0.2, 0.25) is 0 Å². The third-order valence-electron chi connectivity index (χ3n) is 5.82. The first kappa shape index (κ1) is 22.5. The van der Waals surface area contributed by atoms with Gasteiger partial charge in [-0.2, -0.15) is 0 Å². The normalized spacial score (nSPS) is 17.1. The highest BCUT2D eigenvalue weighted by molar-refractivity contribution is 7.68. The molecule has 2 atom stereocenters. The summed E-state index contributed by atoms with van der Waals surface area (Å²) in [5, 5.41) is 1.37. The van der Waals surface area contributed by atoms with Gasteiger partial charge in [-0.15, -0.1) is 0 Å². The lowest BCUT2D eigenvalue weighted by Crippen LogP contribution is -2.23. The van der Waals surface area contributed by atoms with E-state index >= 15 is 0 Å². The molecule has 1 heterocycles. The lowest BCUT2D eigenvalue weighted by atomic mass is 10.0. The molecule has 5 rings (SSSR count). The number of fused-ring (bicyclic) bond motifs is 1. The Labute approximate surface area is 203 Å². The van der Waals surface area contributed by atoms with Gasteiger partial charge in [-0.1, -0.05) is 75.4 Å². The summed E-state index contributed by atoms with van der Waals surface area (Å²) in [5.74, 6) is 4.21. The van der Waals surface area contributed by atoms with Crippen LogP contribution in [0.5, 0.6) is 28.7 Å². The van der Waals surface area contributed by atoms with Gasteiger partial charge < -0.3 is 14.2 Å². The molecule has 1 unspecified atom stereocenters. The van der Waals surface area contributed by atoms with Crippen molar-refractivity contribution in [3.63, 3.8) is 0 Å². The molecule has 1 aliphatic rings. The van der Waals surface area contributed by atoms with Crippen molar-refractivity contribution in [2.24, 2.45) is 0 Å². The number of para-hydroxylation sites is 2. The van der Waals surface area contributed by atoms with E-state index in [9.17, 15) is 0 Å². The Kier molecular flexibility index (Phi) is 6.06. The molecule has 0 saturated carbocycles. The van der Waals surface area contributed by atoms with Gasteiger partial charge in [0, 0.05) is 10.9 Å². The Bertz CT molecular complexity index is 1220. The number of benzene rings is 4. The van der Waals surface area contributed by atoms with E-state index < -0.39 is 7.92 Å². The van der Waals surface area contributed by atoms with Crippen LogP contribution in [-0.2, 0) is 0 Å². The van der Waals surface area contributed by atoms with E-state index in [1.165, 1.54) is 5.30 Å². The quantitative estimate of drug-likeness (QED) is 0.275. The number of rotatable bonds is 5. The van der Waals surface area contributed by atoms with Crippen molar-refractivity contribution < 1.29 is 14.2 Å². The van der Waals surface area contributed by atoms with E-state index in [2.05, 4.69) is 45.9 Å². The molecular weight excluding hydrogens is 439 g/mol. The van der Waals surface area contributed by atoms with E-state index in [1.54, 1.807) is 0 Å². The Morgan fingerprint density at radius 1 is 0.676 bits per heavy atom. The molecule has 172 valence electrons. The van der Waals surface area contributed by atoms with Gasteiger partial charge in [-0.25, -0.2) is 0 Å². The van der Waals surface area contributed by atoms with Crippen LogP contribution in [-0.4, -0.2) is 11.0 Å². The summed E-state index contributed by atoms with van der Waals surface area (Å²) < 4.78 is 19.2. The van der Waals surface area contributed by atoms with Crippen LogP contribution in [0.1, 0.15) is 27.7 Å². The van der Waals surface area contributed by atoms with Crippen LogP contribution < -0.4 is 19.5 Å². The first-order valence-corrected chi connectivity index (χ1v) is 13.0. The fraction of sp³-hybridized carbons (Fsp3) is 0.200. The molecule has 0 bridgehead atoms. The maximum atomic E-state index is 6.44.